The first kappa shape index (κ1) is 23.5. The Hall–Kier alpha value is -3.62. The lowest BCUT2D eigenvalue weighted by Gasteiger charge is -2.46. The number of primary sulfonamides is 1. The average molecular weight is 476 g/mol. The number of hydrogen-bond acceptors (Lipinski definition) is 5. The Balaban J connectivity index is 1.80. The van der Waals surface area contributed by atoms with Gasteiger partial charge in [-0.25, -0.2) is 13.6 Å². The fraction of sp³-hybridized carbons (Fsp3) is 0.192. The number of nitrogens with two attached hydrogens (primary N) is 1. The lowest BCUT2D eigenvalue weighted by molar-refractivity contribution is -0.129. The molecule has 1 atom stereocenters. The topological polar surface area (TPSA) is 110 Å². The number of amides is 1. The van der Waals surface area contributed by atoms with Crippen molar-refractivity contribution in [3.05, 3.63) is 101 Å². The minimum Gasteiger partial charge on any atom is -0.326 e. The third kappa shape index (κ3) is 4.55. The molecule has 4 rings (SSSR count). The number of piperidine rings is 1. The SMILES string of the molecule is CC1(C)C(=O)/C(=C\c2ccccn2)CN(C(=O)c2ccc(S(N)(=O)=O)cc2)C1c1ccccc1. The number of Topliss-reactive ketones (excluding diaryl/α,β-unsaturated/α-hetero) is 1. The summed E-state index contributed by atoms with van der Waals surface area (Å²) in [6.45, 7) is 3.76. The molecular formula is C26H25N3O4S. The third-order valence-electron chi connectivity index (χ3n) is 6.03. The second-order valence-corrected chi connectivity index (χ2v) is 10.4. The predicted molar refractivity (Wildman–Crippen MR) is 129 cm³/mol. The first-order valence-corrected chi connectivity index (χ1v) is 12.3. The molecular weight excluding hydrogens is 450 g/mol. The van der Waals surface area contributed by atoms with Crippen LogP contribution in [-0.2, 0) is 14.8 Å². The number of benzene rings is 2. The van der Waals surface area contributed by atoms with E-state index >= 15 is 0 Å². The van der Waals surface area contributed by atoms with E-state index in [0.29, 0.717) is 16.8 Å². The molecule has 2 heterocycles. The summed E-state index contributed by atoms with van der Waals surface area (Å²) in [7, 11) is -3.88. The second kappa shape index (κ2) is 8.96. The van der Waals surface area contributed by atoms with Crippen LogP contribution in [0, 0.1) is 5.41 Å². The van der Waals surface area contributed by atoms with Crippen molar-refractivity contribution in [2.24, 2.45) is 10.6 Å². The fourth-order valence-corrected chi connectivity index (χ4v) is 4.91. The van der Waals surface area contributed by atoms with Crippen LogP contribution in [0.15, 0.2) is 89.5 Å². The second-order valence-electron chi connectivity index (χ2n) is 8.79. The van der Waals surface area contributed by atoms with Crippen molar-refractivity contribution in [1.29, 1.82) is 0 Å². The lowest BCUT2D eigenvalue weighted by Crippen LogP contribution is -2.52. The van der Waals surface area contributed by atoms with Crippen LogP contribution >= 0.6 is 0 Å². The molecule has 1 aliphatic rings. The van der Waals surface area contributed by atoms with Gasteiger partial charge in [0.05, 0.1) is 28.6 Å². The molecule has 1 saturated heterocycles. The quantitative estimate of drug-likeness (QED) is 0.580. The van der Waals surface area contributed by atoms with Crippen molar-refractivity contribution >= 4 is 27.8 Å². The molecule has 3 aromatic rings. The smallest absolute Gasteiger partial charge is 0.254 e. The normalized spacial score (nSPS) is 19.3. The largest absolute Gasteiger partial charge is 0.326 e. The van der Waals surface area contributed by atoms with E-state index in [1.807, 2.05) is 50.2 Å². The molecule has 1 unspecified atom stereocenters. The van der Waals surface area contributed by atoms with Gasteiger partial charge in [0.2, 0.25) is 10.0 Å². The van der Waals surface area contributed by atoms with Gasteiger partial charge < -0.3 is 4.90 Å². The van der Waals surface area contributed by atoms with Crippen LogP contribution in [0.4, 0.5) is 0 Å². The maximum absolute atomic E-state index is 13.7. The van der Waals surface area contributed by atoms with Gasteiger partial charge in [0.15, 0.2) is 5.78 Å². The average Bonchev–Trinajstić information content (AvgIpc) is 2.82. The first-order chi connectivity index (χ1) is 16.1. The molecule has 7 nitrogen and oxygen atoms in total. The van der Waals surface area contributed by atoms with Gasteiger partial charge in [0, 0.05) is 17.3 Å². The molecule has 2 N–H and O–H groups in total. The van der Waals surface area contributed by atoms with Crippen LogP contribution in [0.3, 0.4) is 0 Å². The highest BCUT2D eigenvalue weighted by Gasteiger charge is 2.48. The van der Waals surface area contributed by atoms with Crippen LogP contribution < -0.4 is 5.14 Å². The van der Waals surface area contributed by atoms with Crippen LogP contribution in [0.25, 0.3) is 6.08 Å². The van der Waals surface area contributed by atoms with Crippen LogP contribution in [-0.4, -0.2) is 36.5 Å². The van der Waals surface area contributed by atoms with Crippen molar-refractivity contribution in [2.45, 2.75) is 24.8 Å². The van der Waals surface area contributed by atoms with Crippen molar-refractivity contribution in [3.8, 4) is 0 Å². The van der Waals surface area contributed by atoms with Gasteiger partial charge in [-0.15, -0.1) is 0 Å². The molecule has 0 bridgehead atoms. The Bertz CT molecular complexity index is 1350. The Kier molecular flexibility index (Phi) is 6.20. The molecule has 2 aromatic carbocycles. The first-order valence-electron chi connectivity index (χ1n) is 10.7. The van der Waals surface area contributed by atoms with Crippen LogP contribution in [0.2, 0.25) is 0 Å². The summed E-state index contributed by atoms with van der Waals surface area (Å²) in [6.07, 6.45) is 3.36. The summed E-state index contributed by atoms with van der Waals surface area (Å²) in [6, 6.07) is 19.8. The Morgan fingerprint density at radius 3 is 2.26 bits per heavy atom. The number of nitrogens with zero attached hydrogens (tertiary/aromatic N) is 2. The van der Waals surface area contributed by atoms with Crippen LogP contribution in [0.5, 0.6) is 0 Å². The van der Waals surface area contributed by atoms with Gasteiger partial charge in [0.1, 0.15) is 0 Å². The van der Waals surface area contributed by atoms with Crippen molar-refractivity contribution in [1.82, 2.24) is 9.88 Å². The van der Waals surface area contributed by atoms with Gasteiger partial charge >= 0.3 is 0 Å². The van der Waals surface area contributed by atoms with E-state index in [0.717, 1.165) is 5.56 Å². The molecule has 1 amide bonds. The van der Waals surface area contributed by atoms with Crippen molar-refractivity contribution in [3.63, 3.8) is 0 Å². The number of hydrogen-bond donors (Lipinski definition) is 1. The highest BCUT2D eigenvalue weighted by Crippen LogP contribution is 2.45. The van der Waals surface area contributed by atoms with E-state index in [1.54, 1.807) is 29.3 Å². The highest BCUT2D eigenvalue weighted by molar-refractivity contribution is 7.89. The summed E-state index contributed by atoms with van der Waals surface area (Å²) >= 11 is 0. The maximum Gasteiger partial charge on any atom is 0.254 e. The van der Waals surface area contributed by atoms with Crippen molar-refractivity contribution in [2.75, 3.05) is 6.54 Å². The number of carbonyl (C=O) groups is 2. The van der Waals surface area contributed by atoms with E-state index in [1.165, 1.54) is 24.3 Å². The molecule has 8 heteroatoms. The lowest BCUT2D eigenvalue weighted by atomic mass is 9.70. The summed E-state index contributed by atoms with van der Waals surface area (Å²) in [5.74, 6) is -0.372. The zero-order valence-corrected chi connectivity index (χ0v) is 19.7. The van der Waals surface area contributed by atoms with E-state index in [2.05, 4.69) is 4.98 Å². The van der Waals surface area contributed by atoms with Gasteiger partial charge in [-0.3, -0.25) is 14.6 Å². The minimum atomic E-state index is -3.88. The van der Waals surface area contributed by atoms with Gasteiger partial charge in [0.25, 0.3) is 5.91 Å². The molecule has 34 heavy (non-hydrogen) atoms. The molecule has 0 radical (unpaired) electrons. The summed E-state index contributed by atoms with van der Waals surface area (Å²) in [5.41, 5.74) is 1.33. The van der Waals surface area contributed by atoms with Gasteiger partial charge in [-0.1, -0.05) is 50.2 Å². The molecule has 0 spiro atoms. The molecule has 1 aliphatic heterocycles. The zero-order valence-electron chi connectivity index (χ0n) is 18.9. The number of sulfonamides is 1. The van der Waals surface area contributed by atoms with E-state index in [4.69, 9.17) is 5.14 Å². The number of likely N-dealkylation sites (tertiary alicyclic amines) is 1. The standard InChI is InChI=1S/C26H25N3O4S/c1-26(2)23(18-8-4-3-5-9-18)29(17-20(24(26)30)16-21-10-6-7-15-28-21)25(31)19-11-13-22(14-12-19)34(27,32)33/h3-16,23H,17H2,1-2H3,(H2,27,32,33)/b20-16-. The predicted octanol–water partition coefficient (Wildman–Crippen LogP) is 3.61. The minimum absolute atomic E-state index is 0.0550. The summed E-state index contributed by atoms with van der Waals surface area (Å²) < 4.78 is 23.2. The van der Waals surface area contributed by atoms with E-state index < -0.39 is 21.5 Å². The molecule has 0 aliphatic carbocycles. The summed E-state index contributed by atoms with van der Waals surface area (Å²) in [4.78, 5) is 33.2. The monoisotopic (exact) mass is 475 g/mol. The number of aromatic nitrogens is 1. The van der Waals surface area contributed by atoms with Gasteiger partial charge in [-0.2, -0.15) is 0 Å². The highest BCUT2D eigenvalue weighted by atomic mass is 32.2. The maximum atomic E-state index is 13.7. The van der Waals surface area contributed by atoms with Crippen LogP contribution in [0.1, 0.15) is 41.5 Å². The molecule has 1 aromatic heterocycles. The van der Waals surface area contributed by atoms with Gasteiger partial charge in [-0.05, 0) is 48.0 Å². The summed E-state index contributed by atoms with van der Waals surface area (Å²) in [5, 5.41) is 5.19. The van der Waals surface area contributed by atoms with Crippen molar-refractivity contribution < 1.29 is 18.0 Å². The Morgan fingerprint density at radius 1 is 1.03 bits per heavy atom. The number of pyridine rings is 1. The molecule has 1 fully saturated rings. The molecule has 0 saturated carbocycles. The number of ketones is 1. The Labute approximate surface area is 199 Å². The fourth-order valence-electron chi connectivity index (χ4n) is 4.40. The molecule has 174 valence electrons. The number of carbonyl (C=O) groups excluding carboxylic acids is 2. The zero-order chi connectivity index (χ0) is 24.5. The van der Waals surface area contributed by atoms with E-state index in [-0.39, 0.29) is 23.1 Å². The van der Waals surface area contributed by atoms with E-state index in [9.17, 15) is 18.0 Å². The Morgan fingerprint density at radius 2 is 1.68 bits per heavy atom. The third-order valence-corrected chi connectivity index (χ3v) is 6.96. The number of rotatable bonds is 4.